The molecule has 4 aromatic heterocycles. The van der Waals surface area contributed by atoms with Gasteiger partial charge in [-0.1, -0.05) is 6.07 Å². The molecular formula is C24H22FN9O3. The summed E-state index contributed by atoms with van der Waals surface area (Å²) < 4.78 is 27.5. The summed E-state index contributed by atoms with van der Waals surface area (Å²) in [5.74, 6) is 0.704. The predicted octanol–water partition coefficient (Wildman–Crippen LogP) is 3.19. The van der Waals surface area contributed by atoms with Crippen LogP contribution in [0.15, 0.2) is 43.0 Å². The largest absolute Gasteiger partial charge is 0.441 e. The number of aromatic nitrogens is 6. The van der Waals surface area contributed by atoms with Gasteiger partial charge in [-0.15, -0.1) is 0 Å². The van der Waals surface area contributed by atoms with E-state index in [0.29, 0.717) is 28.7 Å². The lowest BCUT2D eigenvalue weighted by Gasteiger charge is -2.17. The van der Waals surface area contributed by atoms with Crippen molar-refractivity contribution in [2.24, 2.45) is 0 Å². The predicted molar refractivity (Wildman–Crippen MR) is 127 cm³/mol. The molecule has 1 aliphatic carbocycles. The van der Waals surface area contributed by atoms with Crippen molar-refractivity contribution >= 4 is 23.5 Å². The Morgan fingerprint density at radius 3 is 3.03 bits per heavy atom. The molecule has 4 aromatic rings. The van der Waals surface area contributed by atoms with E-state index in [4.69, 9.17) is 9.47 Å². The number of aromatic amines is 1. The molecule has 0 spiro atoms. The van der Waals surface area contributed by atoms with Gasteiger partial charge in [-0.05, 0) is 25.8 Å². The standard InChI is InChI=1S/C24H22FN9O3/c1-24(4-5-24)31-23(35)37-17-12-36-20(19(17)25)16-7-18(33-32-16)30-22-28-10-15(13-3-2-6-27-9-13)21-29-14(8-26)11-34(21)22/h2-3,6-7,9-11,17,19-20H,4-5,12H2,1H3,(H,31,35)(H2,28,30,32,33)/t17-,19-,20-/m1/s1. The topological polar surface area (TPSA) is 155 Å². The van der Waals surface area contributed by atoms with E-state index in [1.165, 1.54) is 0 Å². The van der Waals surface area contributed by atoms with Crippen molar-refractivity contribution < 1.29 is 18.7 Å². The number of anilines is 2. The number of nitriles is 1. The number of carbonyl (C=O) groups is 1. The van der Waals surface area contributed by atoms with Gasteiger partial charge in [0.05, 0.1) is 18.5 Å². The molecule has 0 unspecified atom stereocenters. The Kier molecular flexibility index (Phi) is 5.45. The summed E-state index contributed by atoms with van der Waals surface area (Å²) in [6.07, 6.45) is 4.07. The molecule has 0 bridgehead atoms. The Morgan fingerprint density at radius 2 is 2.27 bits per heavy atom. The third-order valence-electron chi connectivity index (χ3n) is 6.47. The van der Waals surface area contributed by atoms with Gasteiger partial charge in [0.25, 0.3) is 0 Å². The van der Waals surface area contributed by atoms with Crippen LogP contribution in [-0.4, -0.2) is 60.1 Å². The number of imidazole rings is 1. The number of ether oxygens (including phenoxy) is 2. The van der Waals surface area contributed by atoms with Crippen LogP contribution in [0.4, 0.5) is 21.0 Å². The zero-order valence-electron chi connectivity index (χ0n) is 19.7. The number of fused-ring (bicyclic) bond motifs is 1. The van der Waals surface area contributed by atoms with Gasteiger partial charge in [0, 0.05) is 41.3 Å². The number of H-pyrrole nitrogens is 1. The second-order valence-electron chi connectivity index (χ2n) is 9.33. The van der Waals surface area contributed by atoms with Crippen LogP contribution in [0.3, 0.4) is 0 Å². The summed E-state index contributed by atoms with van der Waals surface area (Å²) in [5.41, 5.74) is 2.35. The van der Waals surface area contributed by atoms with Gasteiger partial charge in [-0.2, -0.15) is 10.4 Å². The van der Waals surface area contributed by atoms with Crippen molar-refractivity contribution in [2.45, 2.75) is 43.7 Å². The fourth-order valence-corrected chi connectivity index (χ4v) is 4.17. The van der Waals surface area contributed by atoms with Crippen LogP contribution < -0.4 is 10.6 Å². The van der Waals surface area contributed by atoms with Crippen LogP contribution in [0, 0.1) is 11.3 Å². The number of nitrogens with zero attached hydrogens (tertiary/aromatic N) is 6. The van der Waals surface area contributed by atoms with Crippen molar-refractivity contribution in [3.05, 3.63) is 54.4 Å². The fourth-order valence-electron chi connectivity index (χ4n) is 4.17. The second kappa shape index (κ2) is 8.82. The van der Waals surface area contributed by atoms with Crippen molar-refractivity contribution in [1.29, 1.82) is 5.26 Å². The van der Waals surface area contributed by atoms with Gasteiger partial charge in [-0.25, -0.2) is 19.2 Å². The maximum absolute atomic E-state index is 15.1. The Morgan fingerprint density at radius 1 is 1.41 bits per heavy atom. The number of halogens is 1. The Balaban J connectivity index is 1.19. The van der Waals surface area contributed by atoms with Crippen LogP contribution in [0.2, 0.25) is 0 Å². The summed E-state index contributed by atoms with van der Waals surface area (Å²) in [6.45, 7) is 1.84. The summed E-state index contributed by atoms with van der Waals surface area (Å²) in [5, 5.41) is 22.2. The molecule has 2 fully saturated rings. The molecule has 3 N–H and O–H groups in total. The lowest BCUT2D eigenvalue weighted by atomic mass is 10.1. The molecule has 0 radical (unpaired) electrons. The minimum atomic E-state index is -1.57. The first-order chi connectivity index (χ1) is 17.9. The molecule has 1 amide bonds. The average Bonchev–Trinajstić information content (AvgIpc) is 3.25. The minimum Gasteiger partial charge on any atom is -0.441 e. The van der Waals surface area contributed by atoms with Crippen molar-refractivity contribution in [3.8, 4) is 17.2 Å². The summed E-state index contributed by atoms with van der Waals surface area (Å²) in [6, 6.07) is 7.31. The van der Waals surface area contributed by atoms with E-state index in [9.17, 15) is 10.1 Å². The highest BCUT2D eigenvalue weighted by atomic mass is 19.1. The smallest absolute Gasteiger partial charge is 0.408 e. The highest BCUT2D eigenvalue weighted by Gasteiger charge is 2.44. The number of hydrogen-bond donors (Lipinski definition) is 3. The quantitative estimate of drug-likeness (QED) is 0.360. The Labute approximate surface area is 209 Å². The fraction of sp³-hybridized carbons (Fsp3) is 0.333. The average molecular weight is 503 g/mol. The first kappa shape index (κ1) is 22.9. The normalized spacial score (nSPS) is 21.9. The van der Waals surface area contributed by atoms with E-state index >= 15 is 4.39 Å². The number of carbonyl (C=O) groups excluding carboxylic acids is 1. The third-order valence-corrected chi connectivity index (χ3v) is 6.47. The molecule has 2 aliphatic rings. The maximum Gasteiger partial charge on any atom is 0.408 e. The highest BCUT2D eigenvalue weighted by Crippen LogP contribution is 2.36. The van der Waals surface area contributed by atoms with Gasteiger partial charge in [-0.3, -0.25) is 14.5 Å². The van der Waals surface area contributed by atoms with E-state index in [1.807, 2.05) is 19.1 Å². The van der Waals surface area contributed by atoms with Gasteiger partial charge in [0.15, 0.2) is 29.4 Å². The molecule has 1 saturated carbocycles. The number of pyridine rings is 1. The van der Waals surface area contributed by atoms with Crippen molar-refractivity contribution in [2.75, 3.05) is 11.9 Å². The Hall–Kier alpha value is -4.57. The number of amides is 1. The zero-order valence-corrected chi connectivity index (χ0v) is 19.7. The number of hydrogen-bond acceptors (Lipinski definition) is 9. The minimum absolute atomic E-state index is 0.0678. The zero-order chi connectivity index (χ0) is 25.6. The SMILES string of the molecule is CC1(NC(=O)O[C@@H]2CO[C@H](c3cc(Nc4ncc(-c5cccnc5)c5nc(C#N)cn45)n[nH]3)[C@@H]2F)CC1. The Bertz CT molecular complexity index is 1510. The first-order valence-electron chi connectivity index (χ1n) is 11.7. The molecule has 13 heteroatoms. The van der Waals surface area contributed by atoms with Crippen LogP contribution in [0.1, 0.15) is 37.3 Å². The van der Waals surface area contributed by atoms with Crippen LogP contribution in [0.5, 0.6) is 0 Å². The molecule has 6 rings (SSSR count). The van der Waals surface area contributed by atoms with E-state index in [1.54, 1.807) is 41.3 Å². The molecule has 0 aromatic carbocycles. The van der Waals surface area contributed by atoms with Gasteiger partial charge in [0.1, 0.15) is 12.2 Å². The monoisotopic (exact) mass is 503 g/mol. The van der Waals surface area contributed by atoms with E-state index in [2.05, 4.69) is 35.8 Å². The molecule has 37 heavy (non-hydrogen) atoms. The highest BCUT2D eigenvalue weighted by molar-refractivity contribution is 5.78. The van der Waals surface area contributed by atoms with E-state index in [0.717, 1.165) is 18.4 Å². The lowest BCUT2D eigenvalue weighted by molar-refractivity contribution is 0.0604. The van der Waals surface area contributed by atoms with Crippen molar-refractivity contribution in [1.82, 2.24) is 34.9 Å². The van der Waals surface area contributed by atoms with Crippen LogP contribution >= 0.6 is 0 Å². The van der Waals surface area contributed by atoms with E-state index < -0.39 is 24.5 Å². The lowest BCUT2D eigenvalue weighted by Crippen LogP contribution is -2.39. The van der Waals surface area contributed by atoms with Gasteiger partial charge in [0.2, 0.25) is 5.95 Å². The molecule has 1 aliphatic heterocycles. The molecule has 1 saturated heterocycles. The van der Waals surface area contributed by atoms with Crippen LogP contribution in [-0.2, 0) is 9.47 Å². The number of rotatable bonds is 6. The van der Waals surface area contributed by atoms with Crippen LogP contribution in [0.25, 0.3) is 16.8 Å². The van der Waals surface area contributed by atoms with Crippen molar-refractivity contribution in [3.63, 3.8) is 0 Å². The number of alkyl carbamates (subject to hydrolysis) is 1. The first-order valence-corrected chi connectivity index (χ1v) is 11.7. The molecule has 5 heterocycles. The van der Waals surface area contributed by atoms with E-state index in [-0.39, 0.29) is 17.8 Å². The molecular weight excluding hydrogens is 481 g/mol. The summed E-state index contributed by atoms with van der Waals surface area (Å²) in [4.78, 5) is 25.1. The molecule has 3 atom stereocenters. The van der Waals surface area contributed by atoms with Gasteiger partial charge < -0.3 is 20.1 Å². The van der Waals surface area contributed by atoms with Gasteiger partial charge >= 0.3 is 6.09 Å². The molecule has 12 nitrogen and oxygen atoms in total. The second-order valence-corrected chi connectivity index (χ2v) is 9.33. The third kappa shape index (κ3) is 4.43. The number of nitrogens with one attached hydrogen (secondary N) is 3. The maximum atomic E-state index is 15.1. The summed E-state index contributed by atoms with van der Waals surface area (Å²) >= 11 is 0. The number of alkyl halides is 1. The molecule has 188 valence electrons. The summed E-state index contributed by atoms with van der Waals surface area (Å²) in [7, 11) is 0.